The van der Waals surface area contributed by atoms with E-state index in [1.807, 2.05) is 0 Å². The van der Waals surface area contributed by atoms with Crippen LogP contribution in [0.4, 0.5) is 5.69 Å². The summed E-state index contributed by atoms with van der Waals surface area (Å²) in [6, 6.07) is 4.25. The van der Waals surface area contributed by atoms with E-state index < -0.39 is 40.1 Å². The number of aromatic nitrogens is 1. The van der Waals surface area contributed by atoms with Crippen molar-refractivity contribution in [3.63, 3.8) is 0 Å². The van der Waals surface area contributed by atoms with E-state index in [0.29, 0.717) is 11.5 Å². The van der Waals surface area contributed by atoms with Gasteiger partial charge in [0.1, 0.15) is 23.6 Å². The van der Waals surface area contributed by atoms with Crippen LogP contribution in [0.3, 0.4) is 0 Å². The third-order valence-electron chi connectivity index (χ3n) is 3.47. The molecular weight excluding hydrogens is 332 g/mol. The fraction of sp³-hybridized carbons (Fsp3) is 0.267. The Kier molecular flexibility index (Phi) is 5.01. The van der Waals surface area contributed by atoms with Crippen LogP contribution in [0, 0.1) is 17.0 Å². The number of furan rings is 1. The minimum absolute atomic E-state index is 0.166. The van der Waals surface area contributed by atoms with Crippen LogP contribution in [0.25, 0.3) is 0 Å². The average Bonchev–Trinajstić information content (AvgIpc) is 2.93. The van der Waals surface area contributed by atoms with Crippen LogP contribution < -0.4 is 11.3 Å². The van der Waals surface area contributed by atoms with Crippen LogP contribution in [0.5, 0.6) is 0 Å². The summed E-state index contributed by atoms with van der Waals surface area (Å²) in [5.41, 5.74) is 3.14. The summed E-state index contributed by atoms with van der Waals surface area (Å²) in [7, 11) is 1.50. The van der Waals surface area contributed by atoms with Gasteiger partial charge in [-0.05, 0) is 19.1 Å². The van der Waals surface area contributed by atoms with Crippen molar-refractivity contribution in [1.82, 2.24) is 9.47 Å². The van der Waals surface area contributed by atoms with Gasteiger partial charge in [0, 0.05) is 13.1 Å². The normalized spacial score (nSPS) is 10.5. The molecule has 0 unspecified atom stereocenters. The summed E-state index contributed by atoms with van der Waals surface area (Å²) in [6.07, 6.45) is 0.900. The van der Waals surface area contributed by atoms with Crippen molar-refractivity contribution >= 4 is 17.5 Å². The highest BCUT2D eigenvalue weighted by atomic mass is 16.6. The van der Waals surface area contributed by atoms with Crippen molar-refractivity contribution in [2.45, 2.75) is 20.0 Å². The van der Waals surface area contributed by atoms with Crippen LogP contribution in [0.2, 0.25) is 0 Å². The third-order valence-corrected chi connectivity index (χ3v) is 3.47. The highest BCUT2D eigenvalue weighted by Crippen LogP contribution is 2.11. The van der Waals surface area contributed by atoms with E-state index in [2.05, 4.69) is 0 Å². The van der Waals surface area contributed by atoms with Crippen LogP contribution in [-0.4, -0.2) is 33.3 Å². The van der Waals surface area contributed by atoms with Gasteiger partial charge in [-0.1, -0.05) is 0 Å². The predicted molar refractivity (Wildman–Crippen MR) is 85.8 cm³/mol. The maximum atomic E-state index is 12.3. The summed E-state index contributed by atoms with van der Waals surface area (Å²) in [6.45, 7) is 1.45. The van der Waals surface area contributed by atoms with E-state index in [9.17, 15) is 24.5 Å². The molecule has 10 nitrogen and oxygen atoms in total. The Morgan fingerprint density at radius 2 is 2.08 bits per heavy atom. The van der Waals surface area contributed by atoms with Gasteiger partial charge in [-0.25, -0.2) is 0 Å². The summed E-state index contributed by atoms with van der Waals surface area (Å²) in [5.74, 6) is -0.351. The fourth-order valence-electron chi connectivity index (χ4n) is 2.17. The van der Waals surface area contributed by atoms with E-state index in [-0.39, 0.29) is 6.54 Å². The molecule has 25 heavy (non-hydrogen) atoms. The Morgan fingerprint density at radius 1 is 1.40 bits per heavy atom. The summed E-state index contributed by atoms with van der Waals surface area (Å²) >= 11 is 0. The van der Waals surface area contributed by atoms with Gasteiger partial charge in [0.25, 0.3) is 17.2 Å². The summed E-state index contributed by atoms with van der Waals surface area (Å²) < 4.78 is 6.16. The van der Waals surface area contributed by atoms with Gasteiger partial charge in [-0.3, -0.25) is 29.1 Å². The Morgan fingerprint density at radius 3 is 2.60 bits per heavy atom. The number of pyridine rings is 1. The zero-order chi connectivity index (χ0) is 18.7. The number of hydrogen-bond acceptors (Lipinski definition) is 6. The number of rotatable bonds is 6. The van der Waals surface area contributed by atoms with Gasteiger partial charge in [0.2, 0.25) is 5.91 Å². The molecule has 0 aliphatic heterocycles. The number of primary amides is 1. The first-order chi connectivity index (χ1) is 11.7. The monoisotopic (exact) mass is 348 g/mol. The number of carbonyl (C=O) groups excluding carboxylic acids is 2. The van der Waals surface area contributed by atoms with Crippen LogP contribution >= 0.6 is 0 Å². The minimum atomic E-state index is -1.10. The summed E-state index contributed by atoms with van der Waals surface area (Å²) in [4.78, 5) is 47.2. The number of carbonyl (C=O) groups is 2. The first-order valence-electron chi connectivity index (χ1n) is 7.17. The largest absolute Gasteiger partial charge is 0.464 e. The zero-order valence-electron chi connectivity index (χ0n) is 13.6. The molecule has 0 saturated carbocycles. The smallest absolute Gasteiger partial charge is 0.286 e. The van der Waals surface area contributed by atoms with E-state index in [1.165, 1.54) is 11.9 Å². The van der Waals surface area contributed by atoms with Gasteiger partial charge >= 0.3 is 0 Å². The van der Waals surface area contributed by atoms with Gasteiger partial charge in [0.05, 0.1) is 17.7 Å². The molecule has 0 saturated heterocycles. The van der Waals surface area contributed by atoms with Gasteiger partial charge < -0.3 is 15.1 Å². The molecule has 0 aliphatic rings. The molecule has 0 aromatic carbocycles. The highest BCUT2D eigenvalue weighted by molar-refractivity contribution is 5.93. The van der Waals surface area contributed by atoms with Crippen LogP contribution in [0.1, 0.15) is 21.9 Å². The Balaban J connectivity index is 2.26. The molecule has 2 aromatic heterocycles. The molecule has 0 aliphatic carbocycles. The quantitative estimate of drug-likeness (QED) is 0.592. The molecule has 0 radical (unpaired) electrons. The number of nitrogens with two attached hydrogens (primary N) is 1. The summed E-state index contributed by atoms with van der Waals surface area (Å²) in [5, 5.41) is 10.9. The van der Waals surface area contributed by atoms with Crippen molar-refractivity contribution in [2.75, 3.05) is 7.05 Å². The molecule has 0 spiro atoms. The molecule has 0 bridgehead atoms. The first kappa shape index (κ1) is 17.9. The SMILES string of the molecule is Cc1ccc(CN(C)C(=O)Cn2cc([N+](=O)[O-])cc(C(N)=O)c2=O)o1. The van der Waals surface area contributed by atoms with Gasteiger partial charge in [0.15, 0.2) is 0 Å². The van der Waals surface area contributed by atoms with Gasteiger partial charge in [-0.2, -0.15) is 0 Å². The highest BCUT2D eigenvalue weighted by Gasteiger charge is 2.20. The zero-order valence-corrected chi connectivity index (χ0v) is 13.6. The number of nitro groups is 1. The maximum Gasteiger partial charge on any atom is 0.286 e. The first-order valence-corrected chi connectivity index (χ1v) is 7.17. The van der Waals surface area contributed by atoms with Crippen molar-refractivity contribution in [2.24, 2.45) is 5.73 Å². The van der Waals surface area contributed by atoms with E-state index in [4.69, 9.17) is 10.2 Å². The van der Waals surface area contributed by atoms with Crippen molar-refractivity contribution in [3.05, 3.63) is 61.9 Å². The lowest BCUT2D eigenvalue weighted by Crippen LogP contribution is -2.36. The lowest BCUT2D eigenvalue weighted by molar-refractivity contribution is -0.385. The third kappa shape index (κ3) is 4.10. The van der Waals surface area contributed by atoms with E-state index in [1.54, 1.807) is 19.1 Å². The number of hydrogen-bond donors (Lipinski definition) is 1. The molecule has 0 atom stereocenters. The number of amides is 2. The predicted octanol–water partition coefficient (Wildman–Crippen LogP) is 0.415. The van der Waals surface area contributed by atoms with Crippen LogP contribution in [-0.2, 0) is 17.9 Å². The number of aryl methyl sites for hydroxylation is 1. The topological polar surface area (TPSA) is 142 Å². The molecule has 10 heteroatoms. The second kappa shape index (κ2) is 6.99. The molecular formula is C15H16N4O6. The molecule has 0 fully saturated rings. The lowest BCUT2D eigenvalue weighted by atomic mass is 10.2. The second-order valence-electron chi connectivity index (χ2n) is 5.43. The molecule has 2 rings (SSSR count). The second-order valence-corrected chi connectivity index (χ2v) is 5.43. The maximum absolute atomic E-state index is 12.3. The van der Waals surface area contributed by atoms with Crippen LogP contribution in [0.15, 0.2) is 33.6 Å². The van der Waals surface area contributed by atoms with Crippen molar-refractivity contribution in [1.29, 1.82) is 0 Å². The Hall–Kier alpha value is -3.43. The average molecular weight is 348 g/mol. The number of likely N-dealkylation sites (N-methyl/N-ethyl adjacent to an activating group) is 1. The minimum Gasteiger partial charge on any atom is -0.464 e. The fourth-order valence-corrected chi connectivity index (χ4v) is 2.17. The molecule has 2 aromatic rings. The molecule has 2 amide bonds. The van der Waals surface area contributed by atoms with Crippen molar-refractivity contribution < 1.29 is 18.9 Å². The van der Waals surface area contributed by atoms with E-state index >= 15 is 0 Å². The lowest BCUT2D eigenvalue weighted by Gasteiger charge is -2.16. The standard InChI is InChI=1S/C15H16N4O6/c1-9-3-4-11(25-9)7-17(2)13(20)8-18-6-10(19(23)24)5-12(14(16)21)15(18)22/h3-6H,7-8H2,1-2H3,(H2,16,21). The molecule has 2 heterocycles. The Bertz CT molecular complexity index is 898. The Labute approximate surface area is 141 Å². The number of nitrogens with zero attached hydrogens (tertiary/aromatic N) is 3. The molecule has 132 valence electrons. The molecule has 2 N–H and O–H groups in total. The van der Waals surface area contributed by atoms with Gasteiger partial charge in [-0.15, -0.1) is 0 Å². The van der Waals surface area contributed by atoms with E-state index in [0.717, 1.165) is 16.8 Å². The van der Waals surface area contributed by atoms with Crippen molar-refractivity contribution in [3.8, 4) is 0 Å².